The van der Waals surface area contributed by atoms with Crippen molar-refractivity contribution in [3.05, 3.63) is 72.7 Å². The Morgan fingerprint density at radius 3 is 2.52 bits per heavy atom. The molecule has 5 heterocycles. The third kappa shape index (κ3) is 7.01. The van der Waals surface area contributed by atoms with Crippen LogP contribution < -0.4 is 15.5 Å². The number of nitrogens with one attached hydrogen (secondary N) is 3. The normalized spacial score (nSPS) is 19.3. The van der Waals surface area contributed by atoms with Crippen LogP contribution in [-0.4, -0.2) is 106 Å². The van der Waals surface area contributed by atoms with Crippen molar-refractivity contribution in [1.82, 2.24) is 30.0 Å². The number of likely N-dealkylation sites (tertiary alicyclic amines) is 1. The Balaban J connectivity index is 0.850. The van der Waals surface area contributed by atoms with Crippen LogP contribution >= 0.6 is 11.3 Å². The molecule has 1 saturated carbocycles. The van der Waals surface area contributed by atoms with Gasteiger partial charge in [0, 0.05) is 99.6 Å². The monoisotopic (exact) mass is 719 g/mol. The number of aromatic amines is 1. The van der Waals surface area contributed by atoms with Gasteiger partial charge < -0.3 is 25.2 Å². The molecule has 3 aliphatic rings. The average molecular weight is 720 g/mol. The topological polar surface area (TPSA) is 149 Å². The highest BCUT2D eigenvalue weighted by Crippen LogP contribution is 2.40. The van der Waals surface area contributed by atoms with Crippen LogP contribution in [0, 0.1) is 0 Å². The highest BCUT2D eigenvalue weighted by atomic mass is 32.1. The summed E-state index contributed by atoms with van der Waals surface area (Å²) in [6.07, 6.45) is 6.45. The van der Waals surface area contributed by atoms with E-state index in [-0.39, 0.29) is 24.3 Å². The smallest absolute Gasteiger partial charge is 0.258 e. The number of rotatable bonds is 10. The Morgan fingerprint density at radius 1 is 0.962 bits per heavy atom. The average Bonchev–Trinajstić information content (AvgIpc) is 3.54. The molecule has 3 N–H and O–H groups in total. The first-order valence-corrected chi connectivity index (χ1v) is 18.5. The van der Waals surface area contributed by atoms with Crippen LogP contribution in [0.5, 0.6) is 0 Å². The van der Waals surface area contributed by atoms with E-state index in [0.29, 0.717) is 49.3 Å². The third-order valence-electron chi connectivity index (χ3n) is 10.3. The Bertz CT molecular complexity index is 2120. The number of anilines is 3. The van der Waals surface area contributed by atoms with Gasteiger partial charge in [0.05, 0.1) is 16.9 Å². The lowest BCUT2D eigenvalue weighted by Gasteiger charge is -2.37. The van der Waals surface area contributed by atoms with Gasteiger partial charge in [-0.1, -0.05) is 23.5 Å². The molecule has 3 aromatic heterocycles. The molecule has 268 valence electrons. The predicted octanol–water partition coefficient (Wildman–Crippen LogP) is 4.96. The van der Waals surface area contributed by atoms with Crippen molar-refractivity contribution in [3.8, 4) is 21.7 Å². The largest absolute Gasteiger partial charge is 0.368 e. The van der Waals surface area contributed by atoms with Gasteiger partial charge in [-0.15, -0.1) is 0 Å². The zero-order chi connectivity index (χ0) is 35.8. The summed E-state index contributed by atoms with van der Waals surface area (Å²) in [5.74, 6) is 0.230. The fourth-order valence-electron chi connectivity index (χ4n) is 7.15. The quantitative estimate of drug-likeness (QED) is 0.182. The maximum Gasteiger partial charge on any atom is 0.258 e. The highest BCUT2D eigenvalue weighted by molar-refractivity contribution is 7.19. The molecule has 1 atom stereocenters. The van der Waals surface area contributed by atoms with Gasteiger partial charge in [-0.2, -0.15) is 5.10 Å². The molecule has 2 aliphatic heterocycles. The molecule has 2 aromatic carbocycles. The summed E-state index contributed by atoms with van der Waals surface area (Å²) in [6, 6.07) is 18.1. The number of methoxy groups -OCH3 is 1. The lowest BCUT2D eigenvalue weighted by molar-refractivity contribution is -0.138. The molecule has 2 saturated heterocycles. The van der Waals surface area contributed by atoms with Crippen molar-refractivity contribution >= 4 is 56.5 Å². The minimum Gasteiger partial charge on any atom is -0.368 e. The summed E-state index contributed by atoms with van der Waals surface area (Å²) in [5.41, 5.74) is 5.54. The summed E-state index contributed by atoms with van der Waals surface area (Å²) in [6.45, 7) is 5.33. The van der Waals surface area contributed by atoms with Crippen LogP contribution in [-0.2, 0) is 19.1 Å². The summed E-state index contributed by atoms with van der Waals surface area (Å²) in [5, 5.41) is 15.0. The molecule has 52 heavy (non-hydrogen) atoms. The minimum absolute atomic E-state index is 0.0568. The highest BCUT2D eigenvalue weighted by Gasteiger charge is 2.45. The van der Waals surface area contributed by atoms with Gasteiger partial charge in [-0.05, 0) is 67.3 Å². The van der Waals surface area contributed by atoms with E-state index < -0.39 is 5.60 Å². The van der Waals surface area contributed by atoms with Gasteiger partial charge >= 0.3 is 0 Å². The van der Waals surface area contributed by atoms with Crippen molar-refractivity contribution in [2.75, 3.05) is 68.5 Å². The first-order chi connectivity index (χ1) is 25.3. The SMILES string of the molecule is CO[C@@]1(C(=O)Nc2ccc3[nH]nc(-c4ccnc(C5CC5)c4)c3c2)CCN(CC(=O)N2CCN(c3ccc(-c4cnc(NC(C)=O)s4)cc3)CC2)C1. The molecule has 13 nitrogen and oxygen atoms in total. The number of thiazole rings is 1. The van der Waals surface area contributed by atoms with Gasteiger partial charge in [0.1, 0.15) is 5.69 Å². The summed E-state index contributed by atoms with van der Waals surface area (Å²) >= 11 is 1.44. The number of carbonyl (C=O) groups is 3. The van der Waals surface area contributed by atoms with Gasteiger partial charge in [0.15, 0.2) is 10.7 Å². The standard InChI is InChI=1S/C38H41N9O4S/c1-24(48)41-37-40-21-33(52-37)26-5-8-29(9-6-26)46-15-17-47(18-16-46)34(49)22-45-14-12-38(23-45,51-2)36(50)42-28-7-10-31-30(20-28)35(44-43-31)27-11-13-39-32(19-27)25-3-4-25/h5-11,13,19-21,25H,3-4,12,14-18,22-23H2,1-2H3,(H,42,50)(H,43,44)(H,40,41,48)/t38-/m0/s1. The number of ether oxygens (including phenoxy) is 1. The van der Waals surface area contributed by atoms with Gasteiger partial charge in [-0.25, -0.2) is 4.98 Å². The van der Waals surface area contributed by atoms with Crippen LogP contribution in [0.1, 0.15) is 37.8 Å². The second kappa shape index (κ2) is 14.1. The second-order valence-corrected chi connectivity index (χ2v) is 14.8. The molecule has 5 aromatic rings. The molecule has 0 unspecified atom stereocenters. The zero-order valence-electron chi connectivity index (χ0n) is 29.2. The summed E-state index contributed by atoms with van der Waals surface area (Å²) in [7, 11) is 1.56. The molecule has 0 radical (unpaired) electrons. The van der Waals surface area contributed by atoms with Crippen LogP contribution in [0.15, 0.2) is 67.0 Å². The van der Waals surface area contributed by atoms with Crippen LogP contribution in [0.2, 0.25) is 0 Å². The molecule has 0 spiro atoms. The maximum absolute atomic E-state index is 13.8. The predicted molar refractivity (Wildman–Crippen MR) is 201 cm³/mol. The van der Waals surface area contributed by atoms with Crippen LogP contribution in [0.3, 0.4) is 0 Å². The molecule has 3 fully saturated rings. The second-order valence-electron chi connectivity index (χ2n) is 13.8. The fourth-order valence-corrected chi connectivity index (χ4v) is 8.02. The molecular formula is C38H41N9O4S. The van der Waals surface area contributed by atoms with Crippen molar-refractivity contribution in [3.63, 3.8) is 0 Å². The van der Waals surface area contributed by atoms with Crippen molar-refractivity contribution < 1.29 is 19.1 Å². The van der Waals surface area contributed by atoms with E-state index in [0.717, 1.165) is 57.1 Å². The molecule has 0 bridgehead atoms. The lowest BCUT2D eigenvalue weighted by atomic mass is 10.0. The van der Waals surface area contributed by atoms with E-state index in [1.807, 2.05) is 40.3 Å². The number of hydrogen-bond acceptors (Lipinski definition) is 10. The van der Waals surface area contributed by atoms with Crippen molar-refractivity contribution in [2.24, 2.45) is 0 Å². The summed E-state index contributed by atoms with van der Waals surface area (Å²) in [4.78, 5) is 54.5. The number of amides is 3. The Labute approximate surface area is 305 Å². The van der Waals surface area contributed by atoms with E-state index in [9.17, 15) is 14.4 Å². The van der Waals surface area contributed by atoms with Gasteiger partial charge in [0.2, 0.25) is 11.8 Å². The molecule has 1 aliphatic carbocycles. The first-order valence-electron chi connectivity index (χ1n) is 17.7. The molecule has 3 amide bonds. The van der Waals surface area contributed by atoms with Crippen molar-refractivity contribution in [1.29, 1.82) is 0 Å². The Morgan fingerprint density at radius 2 is 1.77 bits per heavy atom. The van der Waals surface area contributed by atoms with E-state index in [1.165, 1.54) is 31.1 Å². The number of piperazine rings is 1. The van der Waals surface area contributed by atoms with Crippen LogP contribution in [0.25, 0.3) is 32.6 Å². The molecule has 8 rings (SSSR count). The van der Waals surface area contributed by atoms with E-state index in [1.54, 1.807) is 13.3 Å². The zero-order valence-corrected chi connectivity index (χ0v) is 30.0. The first kappa shape index (κ1) is 33.9. The Kier molecular flexibility index (Phi) is 9.20. The van der Waals surface area contributed by atoms with E-state index >= 15 is 0 Å². The number of pyridine rings is 1. The Hall–Kier alpha value is -5.18. The number of carbonyl (C=O) groups excluding carboxylic acids is 3. The number of benzene rings is 2. The minimum atomic E-state index is -1.06. The molecule has 14 heteroatoms. The fraction of sp³-hybridized carbons (Fsp3) is 0.368. The van der Waals surface area contributed by atoms with Crippen LogP contribution in [0.4, 0.5) is 16.5 Å². The lowest BCUT2D eigenvalue weighted by Crippen LogP contribution is -2.52. The van der Waals surface area contributed by atoms with Gasteiger partial charge in [-0.3, -0.25) is 29.4 Å². The van der Waals surface area contributed by atoms with E-state index in [4.69, 9.17) is 4.74 Å². The number of aromatic nitrogens is 4. The third-order valence-corrected chi connectivity index (χ3v) is 11.2. The molecular weight excluding hydrogens is 679 g/mol. The number of nitrogens with zero attached hydrogens (tertiary/aromatic N) is 6. The summed E-state index contributed by atoms with van der Waals surface area (Å²) < 4.78 is 5.88. The van der Waals surface area contributed by atoms with Crippen molar-refractivity contribution in [2.45, 2.75) is 37.7 Å². The number of fused-ring (bicyclic) bond motifs is 1. The van der Waals surface area contributed by atoms with E-state index in [2.05, 4.69) is 66.0 Å². The number of hydrogen-bond donors (Lipinski definition) is 3. The number of H-pyrrole nitrogens is 1. The van der Waals surface area contributed by atoms with Gasteiger partial charge in [0.25, 0.3) is 5.91 Å². The maximum atomic E-state index is 13.8.